The molecular formula is C20H16F2N4OS. The van der Waals surface area contributed by atoms with Gasteiger partial charge in [0.25, 0.3) is 0 Å². The van der Waals surface area contributed by atoms with Gasteiger partial charge in [-0.2, -0.15) is 0 Å². The van der Waals surface area contributed by atoms with Crippen LogP contribution >= 0.6 is 11.3 Å². The van der Waals surface area contributed by atoms with E-state index in [2.05, 4.69) is 10.2 Å². The van der Waals surface area contributed by atoms with Crippen molar-refractivity contribution < 1.29 is 13.6 Å². The van der Waals surface area contributed by atoms with Crippen molar-refractivity contribution in [2.24, 2.45) is 10.9 Å². The summed E-state index contributed by atoms with van der Waals surface area (Å²) in [4.78, 5) is 17.1. The Bertz CT molecular complexity index is 1140. The molecular weight excluding hydrogens is 382 g/mol. The molecule has 5 rings (SSSR count). The minimum absolute atomic E-state index is 0.111. The fourth-order valence-corrected chi connectivity index (χ4v) is 5.56. The van der Waals surface area contributed by atoms with Crippen LogP contribution in [0.5, 0.6) is 0 Å². The zero-order chi connectivity index (χ0) is 19.6. The van der Waals surface area contributed by atoms with E-state index in [-0.39, 0.29) is 17.2 Å². The Balaban J connectivity index is 1.85. The van der Waals surface area contributed by atoms with Gasteiger partial charge in [-0.25, -0.2) is 8.78 Å². The lowest BCUT2D eigenvalue weighted by Gasteiger charge is -2.12. The maximum atomic E-state index is 14.7. The Morgan fingerprint density at radius 2 is 1.93 bits per heavy atom. The van der Waals surface area contributed by atoms with Crippen LogP contribution in [0.15, 0.2) is 23.2 Å². The molecule has 142 valence electrons. The van der Waals surface area contributed by atoms with E-state index < -0.39 is 17.7 Å². The number of hydrogen-bond acceptors (Lipinski definition) is 5. The van der Waals surface area contributed by atoms with Crippen LogP contribution in [-0.2, 0) is 17.6 Å². The number of halogens is 2. The van der Waals surface area contributed by atoms with E-state index in [4.69, 9.17) is 4.99 Å². The molecule has 1 aromatic carbocycles. The van der Waals surface area contributed by atoms with Crippen molar-refractivity contribution in [3.8, 4) is 5.00 Å². The summed E-state index contributed by atoms with van der Waals surface area (Å²) >= 11 is 1.53. The van der Waals surface area contributed by atoms with Gasteiger partial charge in [0.15, 0.2) is 5.82 Å². The van der Waals surface area contributed by atoms with Gasteiger partial charge in [0, 0.05) is 16.4 Å². The van der Waals surface area contributed by atoms with E-state index in [0.29, 0.717) is 30.1 Å². The quantitative estimate of drug-likeness (QED) is 0.618. The van der Waals surface area contributed by atoms with Gasteiger partial charge in [0.05, 0.1) is 11.3 Å². The molecule has 0 fully saturated rings. The number of rotatable bonds is 2. The largest absolute Gasteiger partial charge is 0.303 e. The number of fused-ring (bicyclic) bond motifs is 5. The molecule has 0 bridgehead atoms. The second kappa shape index (κ2) is 6.13. The summed E-state index contributed by atoms with van der Waals surface area (Å²) in [7, 11) is 0. The summed E-state index contributed by atoms with van der Waals surface area (Å²) in [6, 6.07) is 3.40. The van der Waals surface area contributed by atoms with Gasteiger partial charge in [0.1, 0.15) is 34.8 Å². The lowest BCUT2D eigenvalue weighted by atomic mass is 9.97. The summed E-state index contributed by atoms with van der Waals surface area (Å²) < 4.78 is 31.4. The monoisotopic (exact) mass is 398 g/mol. The Morgan fingerprint density at radius 1 is 1.18 bits per heavy atom. The number of aliphatic imine (C=N–C) groups is 1. The average Bonchev–Trinajstić information content (AvgIpc) is 3.30. The molecule has 1 aliphatic heterocycles. The van der Waals surface area contributed by atoms with Gasteiger partial charge in [0.2, 0.25) is 0 Å². The van der Waals surface area contributed by atoms with Crippen molar-refractivity contribution in [3.63, 3.8) is 0 Å². The molecule has 2 atom stereocenters. The van der Waals surface area contributed by atoms with Crippen molar-refractivity contribution in [1.82, 2.24) is 14.8 Å². The van der Waals surface area contributed by atoms with Crippen LogP contribution in [0, 0.1) is 24.5 Å². The first-order valence-corrected chi connectivity index (χ1v) is 9.86. The standard InChI is InChI=1S/C20H16F2N4OS/c1-9-19-25-24-10(2)26(19)20-16(12-6-11(8-27)7-15(12)28-20)18(23-9)17-13(21)4-3-5-14(17)22/h3-5,8-9,11H,6-7H2,1-2H3/t9-,11?/m0/s1. The van der Waals surface area contributed by atoms with Crippen LogP contribution < -0.4 is 0 Å². The first-order chi connectivity index (χ1) is 13.5. The van der Waals surface area contributed by atoms with Crippen LogP contribution in [0.1, 0.15) is 46.2 Å². The predicted octanol–water partition coefficient (Wildman–Crippen LogP) is 3.74. The first kappa shape index (κ1) is 17.4. The van der Waals surface area contributed by atoms with E-state index in [1.165, 1.54) is 29.5 Å². The molecule has 0 spiro atoms. The van der Waals surface area contributed by atoms with E-state index in [1.807, 2.05) is 18.4 Å². The van der Waals surface area contributed by atoms with Crippen molar-refractivity contribution in [1.29, 1.82) is 0 Å². The molecule has 0 saturated carbocycles. The van der Waals surface area contributed by atoms with E-state index in [0.717, 1.165) is 21.7 Å². The Hall–Kier alpha value is -2.74. The summed E-state index contributed by atoms with van der Waals surface area (Å²) in [6.07, 6.45) is 2.13. The van der Waals surface area contributed by atoms with Crippen LogP contribution in [0.3, 0.4) is 0 Å². The molecule has 3 heterocycles. The number of aldehydes is 1. The van der Waals surface area contributed by atoms with E-state index >= 15 is 0 Å². The van der Waals surface area contributed by atoms with Crippen LogP contribution in [0.2, 0.25) is 0 Å². The second-order valence-electron chi connectivity index (χ2n) is 7.18. The van der Waals surface area contributed by atoms with E-state index in [1.54, 1.807) is 0 Å². The van der Waals surface area contributed by atoms with Crippen molar-refractivity contribution in [3.05, 3.63) is 63.0 Å². The number of carbonyl (C=O) groups is 1. The summed E-state index contributed by atoms with van der Waals surface area (Å²) in [5.74, 6) is -0.0921. The predicted molar refractivity (Wildman–Crippen MR) is 101 cm³/mol. The molecule has 5 nitrogen and oxygen atoms in total. The molecule has 0 N–H and O–H groups in total. The van der Waals surface area contributed by atoms with Crippen LogP contribution in [0.4, 0.5) is 8.78 Å². The Morgan fingerprint density at radius 3 is 2.64 bits per heavy atom. The van der Waals surface area contributed by atoms with E-state index in [9.17, 15) is 13.6 Å². The normalized spacial score (nSPS) is 20.2. The number of aryl methyl sites for hydroxylation is 1. The lowest BCUT2D eigenvalue weighted by Crippen LogP contribution is -2.13. The molecule has 2 aromatic heterocycles. The highest BCUT2D eigenvalue weighted by molar-refractivity contribution is 7.15. The van der Waals surface area contributed by atoms with Gasteiger partial charge in [-0.3, -0.25) is 9.56 Å². The third kappa shape index (κ3) is 2.33. The average molecular weight is 398 g/mol. The third-order valence-electron chi connectivity index (χ3n) is 5.36. The summed E-state index contributed by atoms with van der Waals surface area (Å²) in [5.41, 5.74) is 1.79. The molecule has 0 saturated heterocycles. The maximum absolute atomic E-state index is 14.7. The van der Waals surface area contributed by atoms with Crippen molar-refractivity contribution >= 4 is 23.3 Å². The minimum Gasteiger partial charge on any atom is -0.303 e. The molecule has 3 aromatic rings. The molecule has 1 unspecified atom stereocenters. The fourth-order valence-electron chi connectivity index (χ4n) is 4.08. The molecule has 2 aliphatic rings. The lowest BCUT2D eigenvalue weighted by molar-refractivity contribution is -0.110. The highest BCUT2D eigenvalue weighted by atomic mass is 32.1. The Labute approximate surface area is 163 Å². The Kier molecular flexibility index (Phi) is 3.80. The maximum Gasteiger partial charge on any atom is 0.162 e. The highest BCUT2D eigenvalue weighted by Gasteiger charge is 2.36. The SMILES string of the molecule is Cc1nnc2n1-c1sc3c(c1C(c1c(F)cccc1F)=N[C@H]2C)CC(C=O)C3. The second-order valence-corrected chi connectivity index (χ2v) is 8.26. The summed E-state index contributed by atoms with van der Waals surface area (Å²) in [5, 5.41) is 9.25. The van der Waals surface area contributed by atoms with Gasteiger partial charge in [-0.1, -0.05) is 6.07 Å². The molecule has 28 heavy (non-hydrogen) atoms. The topological polar surface area (TPSA) is 60.1 Å². The van der Waals surface area contributed by atoms with Gasteiger partial charge >= 0.3 is 0 Å². The number of carbonyl (C=O) groups excluding carboxylic acids is 1. The third-order valence-corrected chi connectivity index (χ3v) is 6.60. The minimum atomic E-state index is -0.656. The molecule has 0 amide bonds. The number of hydrogen-bond donors (Lipinski definition) is 0. The number of aromatic nitrogens is 3. The van der Waals surface area contributed by atoms with Gasteiger partial charge in [-0.05, 0) is 44.4 Å². The zero-order valence-electron chi connectivity index (χ0n) is 15.2. The highest BCUT2D eigenvalue weighted by Crippen LogP contribution is 2.44. The van der Waals surface area contributed by atoms with Gasteiger partial charge in [-0.15, -0.1) is 21.5 Å². The van der Waals surface area contributed by atoms with Crippen molar-refractivity contribution in [2.75, 3.05) is 0 Å². The first-order valence-electron chi connectivity index (χ1n) is 9.04. The smallest absolute Gasteiger partial charge is 0.162 e. The zero-order valence-corrected chi connectivity index (χ0v) is 16.1. The number of benzene rings is 1. The summed E-state index contributed by atoms with van der Waals surface area (Å²) in [6.45, 7) is 3.68. The van der Waals surface area contributed by atoms with Crippen molar-refractivity contribution in [2.45, 2.75) is 32.7 Å². The van der Waals surface area contributed by atoms with Gasteiger partial charge < -0.3 is 4.79 Å². The molecule has 1 aliphatic carbocycles. The van der Waals surface area contributed by atoms with Crippen LogP contribution in [0.25, 0.3) is 5.00 Å². The van der Waals surface area contributed by atoms with Crippen LogP contribution in [-0.4, -0.2) is 26.8 Å². The fraction of sp³-hybridized carbons (Fsp3) is 0.300. The molecule has 8 heteroatoms. The number of thiophene rings is 1. The molecule has 0 radical (unpaired) electrons. The number of nitrogens with zero attached hydrogens (tertiary/aromatic N) is 4.